The number of aryl methyl sites for hydroxylation is 2. The maximum absolute atomic E-state index is 12.4. The Labute approximate surface area is 157 Å². The van der Waals surface area contributed by atoms with E-state index < -0.39 is 17.9 Å². The van der Waals surface area contributed by atoms with Crippen LogP contribution in [0.25, 0.3) is 0 Å². The van der Waals surface area contributed by atoms with Crippen molar-refractivity contribution in [2.24, 2.45) is 0 Å². The van der Waals surface area contributed by atoms with Gasteiger partial charge in [-0.25, -0.2) is 4.79 Å². The first-order chi connectivity index (χ1) is 12.7. The molecule has 27 heavy (non-hydrogen) atoms. The van der Waals surface area contributed by atoms with E-state index >= 15 is 0 Å². The van der Waals surface area contributed by atoms with Crippen molar-refractivity contribution in [2.75, 3.05) is 0 Å². The van der Waals surface area contributed by atoms with Gasteiger partial charge in [0.25, 0.3) is 5.56 Å². The number of esters is 1. The number of hydrogen-bond acceptors (Lipinski definition) is 5. The highest BCUT2D eigenvalue weighted by Crippen LogP contribution is 2.15. The fraction of sp³-hybridized carbons (Fsp3) is 0.450. The zero-order chi connectivity index (χ0) is 20.1. The monoisotopic (exact) mass is 374 g/mol. The molecule has 1 aromatic carbocycles. The molecule has 0 spiro atoms. The van der Waals surface area contributed by atoms with E-state index in [-0.39, 0.29) is 12.3 Å². The summed E-state index contributed by atoms with van der Waals surface area (Å²) in [5.41, 5.74) is 3.44. The van der Waals surface area contributed by atoms with Crippen molar-refractivity contribution in [3.05, 3.63) is 67.0 Å². The molecule has 0 aliphatic rings. The molecule has 1 heterocycles. The first-order valence-electron chi connectivity index (χ1n) is 8.92. The Morgan fingerprint density at radius 3 is 2.37 bits per heavy atom. The van der Waals surface area contributed by atoms with Crippen LogP contribution in [0.2, 0.25) is 0 Å². The third-order valence-electron chi connectivity index (χ3n) is 4.19. The fourth-order valence-electron chi connectivity index (χ4n) is 3.17. The van der Waals surface area contributed by atoms with E-state index in [2.05, 4.69) is 11.1 Å². The Kier molecular flexibility index (Phi) is 6.74. The highest BCUT2D eigenvalue weighted by molar-refractivity contribution is 5.65. The molecule has 1 aromatic heterocycles. The van der Waals surface area contributed by atoms with Crippen LogP contribution in [-0.2, 0) is 33.8 Å². The van der Waals surface area contributed by atoms with E-state index in [0.717, 1.165) is 16.7 Å². The van der Waals surface area contributed by atoms with Gasteiger partial charge in [-0.15, -0.1) is 0 Å². The summed E-state index contributed by atoms with van der Waals surface area (Å²) < 4.78 is 11.8. The van der Waals surface area contributed by atoms with Crippen molar-refractivity contribution in [3.63, 3.8) is 0 Å². The lowest BCUT2D eigenvalue weighted by molar-refractivity contribution is -0.179. The third kappa shape index (κ3) is 5.40. The number of carbonyl (C=O) groups is 1. The summed E-state index contributed by atoms with van der Waals surface area (Å²) in [5, 5.41) is 0. The Balaban J connectivity index is 2.44. The lowest BCUT2D eigenvalue weighted by atomic mass is 10.0. The number of aromatic nitrogens is 2. The van der Waals surface area contributed by atoms with Crippen molar-refractivity contribution in [3.8, 4) is 0 Å². The molecule has 146 valence electrons. The summed E-state index contributed by atoms with van der Waals surface area (Å²) in [6.07, 6.45) is 0.103. The molecule has 0 saturated heterocycles. The average Bonchev–Trinajstić information content (AvgIpc) is 2.52. The Bertz CT molecular complexity index is 922. The molecule has 0 aliphatic carbocycles. The van der Waals surface area contributed by atoms with Gasteiger partial charge in [0.2, 0.25) is 6.29 Å². The normalized spacial score (nSPS) is 12.0. The zero-order valence-electron chi connectivity index (χ0n) is 16.4. The van der Waals surface area contributed by atoms with Crippen LogP contribution in [0.3, 0.4) is 0 Å². The van der Waals surface area contributed by atoms with Gasteiger partial charge in [0.05, 0.1) is 0 Å². The highest BCUT2D eigenvalue weighted by atomic mass is 16.7. The van der Waals surface area contributed by atoms with Gasteiger partial charge in [-0.2, -0.15) is 0 Å². The maximum atomic E-state index is 12.4. The van der Waals surface area contributed by atoms with E-state index in [0.29, 0.717) is 24.1 Å². The van der Waals surface area contributed by atoms with Crippen molar-refractivity contribution in [1.82, 2.24) is 9.55 Å². The molecule has 0 radical (unpaired) electrons. The molecule has 0 aliphatic heterocycles. The second-order valence-corrected chi connectivity index (χ2v) is 6.61. The number of carbonyl (C=O) groups excluding carboxylic acids is 1. The standard InChI is InChI=1S/C20H26N2O5/c1-6-17-18(10-16-8-12(2)7-13(3)9-16)22(20(25)21-19(17)24)11-26-15(5)27-14(4)23/h7-9,15H,6,10-11H2,1-5H3,(H,21,24,25). The summed E-state index contributed by atoms with van der Waals surface area (Å²) in [6, 6.07) is 6.13. The van der Waals surface area contributed by atoms with Crippen LogP contribution in [0.1, 0.15) is 48.7 Å². The SMILES string of the molecule is CCc1c(Cc2cc(C)cc(C)c2)n(COC(C)OC(C)=O)c(=O)[nH]c1=O. The number of ether oxygens (including phenoxy) is 2. The number of hydrogen-bond donors (Lipinski definition) is 1. The van der Waals surface area contributed by atoms with Gasteiger partial charge in [-0.1, -0.05) is 36.2 Å². The Hall–Kier alpha value is -2.67. The van der Waals surface area contributed by atoms with Gasteiger partial charge in [-0.05, 0) is 32.8 Å². The molecule has 1 N–H and O–H groups in total. The summed E-state index contributed by atoms with van der Waals surface area (Å²) in [4.78, 5) is 38.0. The molecule has 1 atom stereocenters. The number of rotatable bonds is 7. The van der Waals surface area contributed by atoms with Gasteiger partial charge in [0.1, 0.15) is 6.73 Å². The van der Waals surface area contributed by atoms with E-state index in [1.165, 1.54) is 11.5 Å². The van der Waals surface area contributed by atoms with Gasteiger partial charge in [0, 0.05) is 24.6 Å². The molecule has 2 rings (SSSR count). The Morgan fingerprint density at radius 1 is 1.19 bits per heavy atom. The van der Waals surface area contributed by atoms with Crippen molar-refractivity contribution in [1.29, 1.82) is 0 Å². The zero-order valence-corrected chi connectivity index (χ0v) is 16.4. The topological polar surface area (TPSA) is 90.4 Å². The smallest absolute Gasteiger partial charge is 0.330 e. The van der Waals surface area contributed by atoms with Gasteiger partial charge >= 0.3 is 11.7 Å². The minimum atomic E-state index is -0.805. The quantitative estimate of drug-likeness (QED) is 0.593. The molecule has 0 bridgehead atoms. The fourth-order valence-corrected chi connectivity index (χ4v) is 3.17. The van der Waals surface area contributed by atoms with E-state index in [4.69, 9.17) is 9.47 Å². The van der Waals surface area contributed by atoms with Gasteiger partial charge in [0.15, 0.2) is 0 Å². The predicted molar refractivity (Wildman–Crippen MR) is 102 cm³/mol. The predicted octanol–water partition coefficient (Wildman–Crippen LogP) is 2.19. The largest absolute Gasteiger partial charge is 0.436 e. The Morgan fingerprint density at radius 2 is 1.81 bits per heavy atom. The molecule has 1 unspecified atom stereocenters. The van der Waals surface area contributed by atoms with Gasteiger partial charge < -0.3 is 9.47 Å². The summed E-state index contributed by atoms with van der Waals surface area (Å²) in [5.74, 6) is -0.471. The molecule has 0 fully saturated rings. The lowest BCUT2D eigenvalue weighted by Crippen LogP contribution is -2.37. The summed E-state index contributed by atoms with van der Waals surface area (Å²) in [6.45, 7) is 8.61. The van der Waals surface area contributed by atoms with Crippen LogP contribution in [0.4, 0.5) is 0 Å². The van der Waals surface area contributed by atoms with Crippen LogP contribution >= 0.6 is 0 Å². The van der Waals surface area contributed by atoms with Crippen LogP contribution in [-0.4, -0.2) is 21.8 Å². The van der Waals surface area contributed by atoms with E-state index in [9.17, 15) is 14.4 Å². The highest BCUT2D eigenvalue weighted by Gasteiger charge is 2.16. The minimum absolute atomic E-state index is 0.128. The molecule has 7 heteroatoms. The molecule has 7 nitrogen and oxygen atoms in total. The second kappa shape index (κ2) is 8.81. The molecular formula is C20H26N2O5. The van der Waals surface area contributed by atoms with E-state index in [1.54, 1.807) is 6.92 Å². The first-order valence-corrected chi connectivity index (χ1v) is 8.92. The van der Waals surface area contributed by atoms with Crippen molar-refractivity contribution >= 4 is 5.97 Å². The number of benzene rings is 1. The third-order valence-corrected chi connectivity index (χ3v) is 4.19. The van der Waals surface area contributed by atoms with Crippen LogP contribution in [0.15, 0.2) is 27.8 Å². The first kappa shape index (κ1) is 20.6. The number of nitrogens with one attached hydrogen (secondary N) is 1. The van der Waals surface area contributed by atoms with Gasteiger partial charge in [-0.3, -0.25) is 19.1 Å². The van der Waals surface area contributed by atoms with Crippen LogP contribution in [0.5, 0.6) is 0 Å². The molecular weight excluding hydrogens is 348 g/mol. The number of aromatic amines is 1. The summed E-state index contributed by atoms with van der Waals surface area (Å²) >= 11 is 0. The lowest BCUT2D eigenvalue weighted by Gasteiger charge is -2.19. The molecule has 2 aromatic rings. The van der Waals surface area contributed by atoms with Crippen LogP contribution < -0.4 is 11.2 Å². The maximum Gasteiger partial charge on any atom is 0.330 e. The van der Waals surface area contributed by atoms with E-state index in [1.807, 2.05) is 32.9 Å². The summed E-state index contributed by atoms with van der Waals surface area (Å²) in [7, 11) is 0. The van der Waals surface area contributed by atoms with Crippen LogP contribution in [0, 0.1) is 13.8 Å². The molecule has 0 amide bonds. The number of nitrogens with zero attached hydrogens (tertiary/aromatic N) is 1. The van der Waals surface area contributed by atoms with Crippen molar-refractivity contribution in [2.45, 2.75) is 60.5 Å². The van der Waals surface area contributed by atoms with Crippen molar-refractivity contribution < 1.29 is 14.3 Å². The number of H-pyrrole nitrogens is 1. The minimum Gasteiger partial charge on any atom is -0.436 e. The second-order valence-electron chi connectivity index (χ2n) is 6.61. The molecule has 0 saturated carbocycles. The average molecular weight is 374 g/mol.